The van der Waals surface area contributed by atoms with Crippen molar-refractivity contribution in [2.45, 2.75) is 19.4 Å². The molecule has 0 spiro atoms. The van der Waals surface area contributed by atoms with E-state index in [1.54, 1.807) is 12.1 Å². The van der Waals surface area contributed by atoms with E-state index in [2.05, 4.69) is 5.32 Å². The number of carboxylic acid groups (broad SMARTS) is 1. The standard InChI is InChI=1S/C16H15F2NO2/c1-10(8-11-2-4-12(17)5-3-11)19-13-6-7-14(16(20)21)15(18)9-13/h2-7,9-10,19H,8H2,1H3,(H,20,21). The highest BCUT2D eigenvalue weighted by molar-refractivity contribution is 5.88. The molecule has 0 saturated heterocycles. The molecule has 2 rings (SSSR count). The number of halogens is 2. The summed E-state index contributed by atoms with van der Waals surface area (Å²) >= 11 is 0. The van der Waals surface area contributed by atoms with Crippen LogP contribution in [0.4, 0.5) is 14.5 Å². The van der Waals surface area contributed by atoms with E-state index in [9.17, 15) is 13.6 Å². The van der Waals surface area contributed by atoms with Crippen molar-refractivity contribution in [3.05, 3.63) is 65.2 Å². The zero-order valence-corrected chi connectivity index (χ0v) is 11.4. The third-order valence-corrected chi connectivity index (χ3v) is 3.07. The fraction of sp³-hybridized carbons (Fsp3) is 0.188. The maximum atomic E-state index is 13.6. The number of nitrogens with one attached hydrogen (secondary N) is 1. The molecule has 0 radical (unpaired) electrons. The molecule has 0 aliphatic carbocycles. The molecule has 5 heteroatoms. The molecule has 110 valence electrons. The number of carbonyl (C=O) groups is 1. The Morgan fingerprint density at radius 2 is 1.86 bits per heavy atom. The zero-order valence-electron chi connectivity index (χ0n) is 11.4. The number of benzene rings is 2. The fourth-order valence-electron chi connectivity index (χ4n) is 2.09. The van der Waals surface area contributed by atoms with Crippen LogP contribution in [0.1, 0.15) is 22.8 Å². The van der Waals surface area contributed by atoms with Gasteiger partial charge < -0.3 is 10.4 Å². The highest BCUT2D eigenvalue weighted by atomic mass is 19.1. The minimum atomic E-state index is -1.29. The van der Waals surface area contributed by atoms with Crippen molar-refractivity contribution < 1.29 is 18.7 Å². The third kappa shape index (κ3) is 4.02. The van der Waals surface area contributed by atoms with Gasteiger partial charge in [0.1, 0.15) is 11.6 Å². The molecule has 0 aromatic heterocycles. The summed E-state index contributed by atoms with van der Waals surface area (Å²) in [5.41, 5.74) is 1.11. The topological polar surface area (TPSA) is 49.3 Å². The van der Waals surface area contributed by atoms with E-state index in [-0.39, 0.29) is 17.4 Å². The Morgan fingerprint density at radius 3 is 2.43 bits per heavy atom. The zero-order chi connectivity index (χ0) is 15.4. The summed E-state index contributed by atoms with van der Waals surface area (Å²) < 4.78 is 26.4. The van der Waals surface area contributed by atoms with E-state index >= 15 is 0 Å². The van der Waals surface area contributed by atoms with Gasteiger partial charge in [0.05, 0.1) is 5.56 Å². The van der Waals surface area contributed by atoms with E-state index in [0.717, 1.165) is 11.6 Å². The highest BCUT2D eigenvalue weighted by Gasteiger charge is 2.11. The van der Waals surface area contributed by atoms with E-state index < -0.39 is 11.8 Å². The molecular formula is C16H15F2NO2. The second kappa shape index (κ2) is 6.35. The first-order chi connectivity index (χ1) is 9.95. The van der Waals surface area contributed by atoms with Crippen LogP contribution in [-0.2, 0) is 6.42 Å². The Bertz CT molecular complexity index is 641. The summed E-state index contributed by atoms with van der Waals surface area (Å²) in [4.78, 5) is 10.7. The first-order valence-electron chi connectivity index (χ1n) is 6.49. The Kier molecular flexibility index (Phi) is 4.52. The van der Waals surface area contributed by atoms with Crippen LogP contribution in [0.2, 0.25) is 0 Å². The molecule has 21 heavy (non-hydrogen) atoms. The maximum absolute atomic E-state index is 13.6. The van der Waals surface area contributed by atoms with Gasteiger partial charge in [-0.05, 0) is 49.2 Å². The van der Waals surface area contributed by atoms with Crippen LogP contribution in [-0.4, -0.2) is 17.1 Å². The summed E-state index contributed by atoms with van der Waals surface area (Å²) in [6, 6.07) is 10.1. The number of aromatic carboxylic acids is 1. The van der Waals surface area contributed by atoms with E-state index in [1.807, 2.05) is 6.92 Å². The van der Waals surface area contributed by atoms with Crippen molar-refractivity contribution >= 4 is 11.7 Å². The largest absolute Gasteiger partial charge is 0.478 e. The van der Waals surface area contributed by atoms with Gasteiger partial charge in [-0.3, -0.25) is 0 Å². The van der Waals surface area contributed by atoms with Crippen LogP contribution in [0, 0.1) is 11.6 Å². The highest BCUT2D eigenvalue weighted by Crippen LogP contribution is 2.16. The first kappa shape index (κ1) is 15.0. The average molecular weight is 291 g/mol. The normalized spacial score (nSPS) is 12.0. The van der Waals surface area contributed by atoms with E-state index in [4.69, 9.17) is 5.11 Å². The van der Waals surface area contributed by atoms with Crippen LogP contribution < -0.4 is 5.32 Å². The lowest BCUT2D eigenvalue weighted by Crippen LogP contribution is -2.18. The molecule has 0 heterocycles. The van der Waals surface area contributed by atoms with Crippen LogP contribution in [0.25, 0.3) is 0 Å². The van der Waals surface area contributed by atoms with Gasteiger partial charge in [-0.2, -0.15) is 0 Å². The fourth-order valence-corrected chi connectivity index (χ4v) is 2.09. The second-order valence-corrected chi connectivity index (χ2v) is 4.88. The number of anilines is 1. The number of rotatable bonds is 5. The van der Waals surface area contributed by atoms with Crippen LogP contribution in [0.15, 0.2) is 42.5 Å². The van der Waals surface area contributed by atoms with Crippen LogP contribution in [0.3, 0.4) is 0 Å². The Balaban J connectivity index is 2.02. The SMILES string of the molecule is CC(Cc1ccc(F)cc1)Nc1ccc(C(=O)O)c(F)c1. The molecule has 0 amide bonds. The maximum Gasteiger partial charge on any atom is 0.338 e. The summed E-state index contributed by atoms with van der Waals surface area (Å²) in [5, 5.41) is 11.8. The summed E-state index contributed by atoms with van der Waals surface area (Å²) in [6.07, 6.45) is 0.641. The number of carboxylic acids is 1. The molecule has 1 atom stereocenters. The van der Waals surface area contributed by atoms with Crippen molar-refractivity contribution in [1.29, 1.82) is 0 Å². The summed E-state index contributed by atoms with van der Waals surface area (Å²) in [6.45, 7) is 1.91. The van der Waals surface area contributed by atoms with E-state index in [1.165, 1.54) is 24.3 Å². The third-order valence-electron chi connectivity index (χ3n) is 3.07. The predicted molar refractivity (Wildman–Crippen MR) is 76.5 cm³/mol. The van der Waals surface area contributed by atoms with Gasteiger partial charge in [-0.15, -0.1) is 0 Å². The molecule has 2 aromatic carbocycles. The quantitative estimate of drug-likeness (QED) is 0.883. The van der Waals surface area contributed by atoms with Gasteiger partial charge in [-0.1, -0.05) is 12.1 Å². The van der Waals surface area contributed by atoms with Crippen LogP contribution >= 0.6 is 0 Å². The summed E-state index contributed by atoms with van der Waals surface area (Å²) in [5.74, 6) is -2.36. The van der Waals surface area contributed by atoms with Crippen molar-refractivity contribution in [2.24, 2.45) is 0 Å². The monoisotopic (exact) mass is 291 g/mol. The lowest BCUT2D eigenvalue weighted by atomic mass is 10.1. The lowest BCUT2D eigenvalue weighted by molar-refractivity contribution is 0.0692. The molecule has 0 aliphatic rings. The average Bonchev–Trinajstić information content (AvgIpc) is 2.41. The molecule has 3 nitrogen and oxygen atoms in total. The predicted octanol–water partition coefficient (Wildman–Crippen LogP) is 3.71. The van der Waals surface area contributed by atoms with Crippen molar-refractivity contribution in [3.8, 4) is 0 Å². The molecule has 0 fully saturated rings. The minimum absolute atomic E-state index is 0.00876. The van der Waals surface area contributed by atoms with Crippen molar-refractivity contribution in [3.63, 3.8) is 0 Å². The van der Waals surface area contributed by atoms with Crippen molar-refractivity contribution in [2.75, 3.05) is 5.32 Å². The number of hydrogen-bond donors (Lipinski definition) is 2. The van der Waals surface area contributed by atoms with Gasteiger partial charge >= 0.3 is 5.97 Å². The molecular weight excluding hydrogens is 276 g/mol. The van der Waals surface area contributed by atoms with Crippen molar-refractivity contribution in [1.82, 2.24) is 0 Å². The Morgan fingerprint density at radius 1 is 1.19 bits per heavy atom. The van der Waals surface area contributed by atoms with E-state index in [0.29, 0.717) is 12.1 Å². The number of hydrogen-bond acceptors (Lipinski definition) is 2. The molecule has 0 bridgehead atoms. The van der Waals surface area contributed by atoms with Gasteiger partial charge in [-0.25, -0.2) is 13.6 Å². The van der Waals surface area contributed by atoms with Crippen LogP contribution in [0.5, 0.6) is 0 Å². The first-order valence-corrected chi connectivity index (χ1v) is 6.49. The van der Waals surface area contributed by atoms with Gasteiger partial charge in [0.15, 0.2) is 0 Å². The lowest BCUT2D eigenvalue weighted by Gasteiger charge is -2.15. The molecule has 0 aliphatic heterocycles. The second-order valence-electron chi connectivity index (χ2n) is 4.88. The molecule has 2 aromatic rings. The van der Waals surface area contributed by atoms with Gasteiger partial charge in [0.2, 0.25) is 0 Å². The van der Waals surface area contributed by atoms with Gasteiger partial charge in [0, 0.05) is 11.7 Å². The Labute approximate surface area is 121 Å². The molecule has 0 saturated carbocycles. The molecule has 2 N–H and O–H groups in total. The van der Waals surface area contributed by atoms with Gasteiger partial charge in [0.25, 0.3) is 0 Å². The Hall–Kier alpha value is -2.43. The smallest absolute Gasteiger partial charge is 0.338 e. The summed E-state index contributed by atoms with van der Waals surface area (Å²) in [7, 11) is 0. The molecule has 1 unspecified atom stereocenters. The minimum Gasteiger partial charge on any atom is -0.478 e.